The number of carbonyl (C=O) groups is 1. The third kappa shape index (κ3) is 2.45. The molecular formula is C12H17N3O4. The lowest BCUT2D eigenvalue weighted by molar-refractivity contribution is -0.385. The van der Waals surface area contributed by atoms with E-state index in [0.29, 0.717) is 19.4 Å². The van der Waals surface area contributed by atoms with Gasteiger partial charge in [0.05, 0.1) is 11.5 Å². The largest absolute Gasteiger partial charge is 0.464 e. The molecule has 1 aromatic heterocycles. The van der Waals surface area contributed by atoms with Gasteiger partial charge in [-0.2, -0.15) is 5.10 Å². The Hall–Kier alpha value is -1.92. The maximum atomic E-state index is 12.2. The van der Waals surface area contributed by atoms with Gasteiger partial charge in [0.25, 0.3) is 0 Å². The first kappa shape index (κ1) is 13.5. The lowest BCUT2D eigenvalue weighted by Crippen LogP contribution is -2.45. The molecule has 104 valence electrons. The van der Waals surface area contributed by atoms with Crippen LogP contribution in [-0.4, -0.2) is 27.3 Å². The standard InChI is InChI=1S/C12H17N3O4/c1-2-19-11(16)12(6-4-3-5-7-12)14-9-10(8-13-14)15(17)18/h8-9H,2-7H2,1H3. The van der Waals surface area contributed by atoms with Gasteiger partial charge in [-0.1, -0.05) is 19.3 Å². The molecule has 0 aromatic carbocycles. The van der Waals surface area contributed by atoms with Gasteiger partial charge in [-0.3, -0.25) is 10.1 Å². The number of hydrogen-bond donors (Lipinski definition) is 0. The summed E-state index contributed by atoms with van der Waals surface area (Å²) in [5.74, 6) is -0.340. The minimum Gasteiger partial charge on any atom is -0.464 e. The van der Waals surface area contributed by atoms with Crippen molar-refractivity contribution in [3.63, 3.8) is 0 Å². The van der Waals surface area contributed by atoms with Gasteiger partial charge >= 0.3 is 11.7 Å². The molecule has 0 spiro atoms. The van der Waals surface area contributed by atoms with Crippen LogP contribution in [-0.2, 0) is 15.1 Å². The van der Waals surface area contributed by atoms with Crippen molar-refractivity contribution >= 4 is 11.7 Å². The number of rotatable bonds is 4. The maximum Gasteiger partial charge on any atom is 0.334 e. The van der Waals surface area contributed by atoms with E-state index in [1.807, 2.05) is 0 Å². The second kappa shape index (κ2) is 5.38. The molecule has 2 rings (SSSR count). The predicted octanol–water partition coefficient (Wildman–Crippen LogP) is 2.01. The van der Waals surface area contributed by atoms with E-state index in [1.165, 1.54) is 17.1 Å². The average Bonchev–Trinajstić information content (AvgIpc) is 2.90. The highest BCUT2D eigenvalue weighted by atomic mass is 16.6. The molecule has 0 bridgehead atoms. The number of esters is 1. The molecule has 1 heterocycles. The molecule has 1 aliphatic carbocycles. The fraction of sp³-hybridized carbons (Fsp3) is 0.667. The molecule has 1 aliphatic rings. The fourth-order valence-electron chi connectivity index (χ4n) is 2.57. The van der Waals surface area contributed by atoms with E-state index in [0.717, 1.165) is 19.3 Å². The van der Waals surface area contributed by atoms with E-state index >= 15 is 0 Å². The number of carbonyl (C=O) groups excluding carboxylic acids is 1. The van der Waals surface area contributed by atoms with Gasteiger partial charge in [-0.15, -0.1) is 0 Å². The molecule has 0 saturated heterocycles. The van der Waals surface area contributed by atoms with Gasteiger partial charge in [0.1, 0.15) is 12.4 Å². The summed E-state index contributed by atoms with van der Waals surface area (Å²) >= 11 is 0. The molecular weight excluding hydrogens is 250 g/mol. The Morgan fingerprint density at radius 3 is 2.74 bits per heavy atom. The highest BCUT2D eigenvalue weighted by Gasteiger charge is 2.44. The third-order valence-corrected chi connectivity index (χ3v) is 3.55. The Labute approximate surface area is 110 Å². The van der Waals surface area contributed by atoms with E-state index in [1.54, 1.807) is 6.92 Å². The molecule has 0 unspecified atom stereocenters. The van der Waals surface area contributed by atoms with Crippen molar-refractivity contribution < 1.29 is 14.5 Å². The number of nitro groups is 1. The molecule has 19 heavy (non-hydrogen) atoms. The smallest absolute Gasteiger partial charge is 0.334 e. The maximum absolute atomic E-state index is 12.2. The first-order valence-electron chi connectivity index (χ1n) is 6.47. The Balaban J connectivity index is 2.35. The van der Waals surface area contributed by atoms with Gasteiger partial charge in [0.15, 0.2) is 5.54 Å². The summed E-state index contributed by atoms with van der Waals surface area (Å²) in [6, 6.07) is 0. The molecule has 1 saturated carbocycles. The first-order chi connectivity index (χ1) is 9.10. The molecule has 1 aromatic rings. The number of ether oxygens (including phenoxy) is 1. The van der Waals surface area contributed by atoms with Crippen LogP contribution in [0.25, 0.3) is 0 Å². The van der Waals surface area contributed by atoms with Crippen LogP contribution in [0.1, 0.15) is 39.0 Å². The SMILES string of the molecule is CCOC(=O)C1(n2cc([N+](=O)[O-])cn2)CCCCC1. The van der Waals surface area contributed by atoms with Crippen molar-refractivity contribution in [2.75, 3.05) is 6.61 Å². The quantitative estimate of drug-likeness (QED) is 0.473. The van der Waals surface area contributed by atoms with E-state index in [4.69, 9.17) is 4.74 Å². The second-order valence-corrected chi connectivity index (χ2v) is 4.71. The minimum absolute atomic E-state index is 0.103. The van der Waals surface area contributed by atoms with E-state index in [9.17, 15) is 14.9 Å². The molecule has 7 nitrogen and oxygen atoms in total. The molecule has 0 radical (unpaired) electrons. The van der Waals surface area contributed by atoms with E-state index in [-0.39, 0.29) is 11.7 Å². The van der Waals surface area contributed by atoms with Gasteiger partial charge in [-0.25, -0.2) is 9.48 Å². The van der Waals surface area contributed by atoms with Crippen molar-refractivity contribution in [1.82, 2.24) is 9.78 Å². The lowest BCUT2D eigenvalue weighted by atomic mass is 9.82. The first-order valence-corrected chi connectivity index (χ1v) is 6.47. The summed E-state index contributed by atoms with van der Waals surface area (Å²) in [5, 5.41) is 14.7. The zero-order valence-electron chi connectivity index (χ0n) is 10.9. The predicted molar refractivity (Wildman–Crippen MR) is 66.6 cm³/mol. The molecule has 0 N–H and O–H groups in total. The van der Waals surface area contributed by atoms with Crippen molar-refractivity contribution in [2.24, 2.45) is 0 Å². The third-order valence-electron chi connectivity index (χ3n) is 3.55. The summed E-state index contributed by atoms with van der Waals surface area (Å²) in [7, 11) is 0. The highest BCUT2D eigenvalue weighted by molar-refractivity contribution is 5.79. The molecule has 0 aliphatic heterocycles. The van der Waals surface area contributed by atoms with Crippen LogP contribution in [0.4, 0.5) is 5.69 Å². The Kier molecular flexibility index (Phi) is 3.82. The normalized spacial score (nSPS) is 17.9. The van der Waals surface area contributed by atoms with Crippen LogP contribution >= 0.6 is 0 Å². The molecule has 1 fully saturated rings. The van der Waals surface area contributed by atoms with Crippen molar-refractivity contribution in [1.29, 1.82) is 0 Å². The van der Waals surface area contributed by atoms with Crippen molar-refractivity contribution in [2.45, 2.75) is 44.6 Å². The monoisotopic (exact) mass is 267 g/mol. The van der Waals surface area contributed by atoms with Crippen LogP contribution in [0.3, 0.4) is 0 Å². The topological polar surface area (TPSA) is 87.3 Å². The highest BCUT2D eigenvalue weighted by Crippen LogP contribution is 2.36. The fourth-order valence-corrected chi connectivity index (χ4v) is 2.57. The zero-order valence-corrected chi connectivity index (χ0v) is 10.9. The van der Waals surface area contributed by atoms with Crippen LogP contribution < -0.4 is 0 Å². The van der Waals surface area contributed by atoms with Gasteiger partial charge in [0, 0.05) is 0 Å². The minimum atomic E-state index is -0.872. The van der Waals surface area contributed by atoms with Gasteiger partial charge in [-0.05, 0) is 19.8 Å². The van der Waals surface area contributed by atoms with Gasteiger partial charge < -0.3 is 4.74 Å². The van der Waals surface area contributed by atoms with Crippen molar-refractivity contribution in [3.05, 3.63) is 22.5 Å². The molecule has 7 heteroatoms. The number of aromatic nitrogens is 2. The summed E-state index contributed by atoms with van der Waals surface area (Å²) in [5.41, 5.74) is -0.975. The van der Waals surface area contributed by atoms with Crippen LogP contribution in [0.5, 0.6) is 0 Å². The van der Waals surface area contributed by atoms with E-state index < -0.39 is 10.5 Å². The van der Waals surface area contributed by atoms with Crippen LogP contribution in [0.15, 0.2) is 12.4 Å². The Morgan fingerprint density at radius 2 is 2.21 bits per heavy atom. The van der Waals surface area contributed by atoms with Crippen LogP contribution in [0.2, 0.25) is 0 Å². The Bertz CT molecular complexity index is 477. The summed E-state index contributed by atoms with van der Waals surface area (Å²) in [6.45, 7) is 2.05. The zero-order chi connectivity index (χ0) is 13.9. The summed E-state index contributed by atoms with van der Waals surface area (Å²) in [4.78, 5) is 22.5. The van der Waals surface area contributed by atoms with Crippen LogP contribution in [0, 0.1) is 10.1 Å². The van der Waals surface area contributed by atoms with E-state index in [2.05, 4.69) is 5.10 Å². The Morgan fingerprint density at radius 1 is 1.53 bits per heavy atom. The summed E-state index contributed by atoms with van der Waals surface area (Å²) < 4.78 is 6.56. The summed E-state index contributed by atoms with van der Waals surface area (Å²) in [6.07, 6.45) is 6.58. The van der Waals surface area contributed by atoms with Gasteiger partial charge in [0.2, 0.25) is 0 Å². The van der Waals surface area contributed by atoms with Crippen molar-refractivity contribution in [3.8, 4) is 0 Å². The number of hydrogen-bond acceptors (Lipinski definition) is 5. The average molecular weight is 267 g/mol. The lowest BCUT2D eigenvalue weighted by Gasteiger charge is -2.34. The molecule has 0 amide bonds. The molecule has 0 atom stereocenters. The number of nitrogens with zero attached hydrogens (tertiary/aromatic N) is 3. The second-order valence-electron chi connectivity index (χ2n) is 4.71.